The van der Waals surface area contributed by atoms with Gasteiger partial charge in [0.2, 0.25) is 5.91 Å². The highest BCUT2D eigenvalue weighted by Gasteiger charge is 2.23. The maximum absolute atomic E-state index is 11.2. The van der Waals surface area contributed by atoms with Gasteiger partial charge in [-0.05, 0) is 49.8 Å². The Morgan fingerprint density at radius 1 is 1.46 bits per heavy atom. The molecule has 0 bridgehead atoms. The standard InChI is InChI=1S/C19H30N4O2.HI/c1-4-21-19(23-9-5-6-16(13-23)11-18(20)24)22-12-15-8-7-14(2)17(10-15)25-3;/h7-8,10,16H,4-6,9,11-13H2,1-3H3,(H2,20,24)(H,21,22);1H. The molecule has 1 heterocycles. The topological polar surface area (TPSA) is 80.0 Å². The lowest BCUT2D eigenvalue weighted by molar-refractivity contribution is -0.119. The van der Waals surface area contributed by atoms with Crippen LogP contribution >= 0.6 is 24.0 Å². The van der Waals surface area contributed by atoms with Crippen molar-refractivity contribution in [3.63, 3.8) is 0 Å². The summed E-state index contributed by atoms with van der Waals surface area (Å²) in [6.07, 6.45) is 2.56. The summed E-state index contributed by atoms with van der Waals surface area (Å²) >= 11 is 0. The molecule has 0 aliphatic carbocycles. The van der Waals surface area contributed by atoms with Gasteiger partial charge in [-0.25, -0.2) is 4.99 Å². The maximum Gasteiger partial charge on any atom is 0.217 e. The van der Waals surface area contributed by atoms with Crippen molar-refractivity contribution in [2.24, 2.45) is 16.6 Å². The zero-order chi connectivity index (χ0) is 18.2. The van der Waals surface area contributed by atoms with Crippen LogP contribution in [-0.2, 0) is 11.3 Å². The molecule has 3 N–H and O–H groups in total. The molecule has 1 aromatic rings. The highest BCUT2D eigenvalue weighted by molar-refractivity contribution is 14.0. The zero-order valence-corrected chi connectivity index (χ0v) is 18.3. The Morgan fingerprint density at radius 2 is 2.23 bits per heavy atom. The average molecular weight is 474 g/mol. The van der Waals surface area contributed by atoms with E-state index in [0.717, 1.165) is 55.3 Å². The molecule has 1 aliphatic heterocycles. The van der Waals surface area contributed by atoms with Crippen molar-refractivity contribution in [2.75, 3.05) is 26.7 Å². The number of nitrogens with one attached hydrogen (secondary N) is 1. The number of aliphatic imine (C=N–C) groups is 1. The van der Waals surface area contributed by atoms with E-state index in [9.17, 15) is 4.79 Å². The second kappa shape index (κ2) is 11.3. The van der Waals surface area contributed by atoms with Crippen molar-refractivity contribution in [1.29, 1.82) is 0 Å². The van der Waals surface area contributed by atoms with Gasteiger partial charge in [0, 0.05) is 26.1 Å². The van der Waals surface area contributed by atoms with Crippen molar-refractivity contribution < 1.29 is 9.53 Å². The number of halogens is 1. The molecule has 1 unspecified atom stereocenters. The number of primary amides is 1. The van der Waals surface area contributed by atoms with E-state index in [4.69, 9.17) is 15.5 Å². The molecule has 0 radical (unpaired) electrons. The van der Waals surface area contributed by atoms with E-state index in [-0.39, 0.29) is 29.9 Å². The molecule has 0 spiro atoms. The third kappa shape index (κ3) is 6.66. The molecule has 1 fully saturated rings. The normalized spacial score (nSPS) is 17.4. The van der Waals surface area contributed by atoms with Crippen LogP contribution in [0.1, 0.15) is 37.3 Å². The van der Waals surface area contributed by atoms with Gasteiger partial charge in [-0.1, -0.05) is 12.1 Å². The second-order valence-electron chi connectivity index (χ2n) is 6.60. The Labute approximate surface area is 173 Å². The first-order valence-corrected chi connectivity index (χ1v) is 8.98. The quantitative estimate of drug-likeness (QED) is 0.378. The highest BCUT2D eigenvalue weighted by atomic mass is 127. The zero-order valence-electron chi connectivity index (χ0n) is 16.0. The molecule has 1 aliphatic rings. The third-order valence-electron chi connectivity index (χ3n) is 4.53. The number of piperidine rings is 1. The van der Waals surface area contributed by atoms with E-state index in [1.54, 1.807) is 7.11 Å². The first kappa shape index (κ1) is 22.5. The number of carbonyl (C=O) groups excluding carboxylic acids is 1. The van der Waals surface area contributed by atoms with E-state index >= 15 is 0 Å². The van der Waals surface area contributed by atoms with E-state index in [1.807, 2.05) is 13.0 Å². The Kier molecular flexibility index (Phi) is 9.75. The lowest BCUT2D eigenvalue weighted by atomic mass is 9.95. The summed E-state index contributed by atoms with van der Waals surface area (Å²) in [7, 11) is 1.69. The third-order valence-corrected chi connectivity index (χ3v) is 4.53. The number of benzene rings is 1. The molecule has 7 heteroatoms. The molecule has 1 amide bonds. The van der Waals surface area contributed by atoms with Crippen LogP contribution < -0.4 is 15.8 Å². The Morgan fingerprint density at radius 3 is 2.88 bits per heavy atom. The number of amides is 1. The fourth-order valence-electron chi connectivity index (χ4n) is 3.26. The first-order valence-electron chi connectivity index (χ1n) is 8.98. The summed E-state index contributed by atoms with van der Waals surface area (Å²) in [6, 6.07) is 6.17. The summed E-state index contributed by atoms with van der Waals surface area (Å²) in [5.41, 5.74) is 7.59. The maximum atomic E-state index is 11.2. The van der Waals surface area contributed by atoms with Crippen LogP contribution in [0.15, 0.2) is 23.2 Å². The molecule has 0 saturated carbocycles. The smallest absolute Gasteiger partial charge is 0.217 e. The number of hydrogen-bond acceptors (Lipinski definition) is 3. The minimum Gasteiger partial charge on any atom is -0.496 e. The lowest BCUT2D eigenvalue weighted by Crippen LogP contribution is -2.47. The molecule has 1 saturated heterocycles. The van der Waals surface area contributed by atoms with Gasteiger partial charge in [0.05, 0.1) is 13.7 Å². The van der Waals surface area contributed by atoms with Gasteiger partial charge >= 0.3 is 0 Å². The molecular weight excluding hydrogens is 443 g/mol. The number of rotatable bonds is 6. The van der Waals surface area contributed by atoms with Crippen molar-refractivity contribution in [2.45, 2.75) is 39.7 Å². The minimum atomic E-state index is -0.222. The first-order chi connectivity index (χ1) is 12.0. The van der Waals surface area contributed by atoms with Crippen molar-refractivity contribution in [1.82, 2.24) is 10.2 Å². The van der Waals surface area contributed by atoms with Crippen LogP contribution in [0.3, 0.4) is 0 Å². The average Bonchev–Trinajstić information content (AvgIpc) is 2.59. The lowest BCUT2D eigenvalue weighted by Gasteiger charge is -2.34. The molecule has 26 heavy (non-hydrogen) atoms. The fraction of sp³-hybridized carbons (Fsp3) is 0.579. The van der Waals surface area contributed by atoms with Gasteiger partial charge in [-0.2, -0.15) is 0 Å². The van der Waals surface area contributed by atoms with Crippen LogP contribution in [0.25, 0.3) is 0 Å². The van der Waals surface area contributed by atoms with E-state index in [2.05, 4.69) is 29.3 Å². The summed E-state index contributed by atoms with van der Waals surface area (Å²) in [4.78, 5) is 18.2. The molecule has 0 aromatic heterocycles. The predicted octanol–water partition coefficient (Wildman–Crippen LogP) is 2.67. The molecule has 1 atom stereocenters. The van der Waals surface area contributed by atoms with Gasteiger partial charge in [0.1, 0.15) is 5.75 Å². The van der Waals surface area contributed by atoms with E-state index in [1.165, 1.54) is 0 Å². The van der Waals surface area contributed by atoms with Gasteiger partial charge in [-0.15, -0.1) is 24.0 Å². The van der Waals surface area contributed by atoms with Crippen LogP contribution in [-0.4, -0.2) is 43.5 Å². The van der Waals surface area contributed by atoms with Crippen molar-refractivity contribution in [3.8, 4) is 5.75 Å². The van der Waals surface area contributed by atoms with Gasteiger partial charge in [-0.3, -0.25) is 4.79 Å². The van der Waals surface area contributed by atoms with Crippen molar-refractivity contribution in [3.05, 3.63) is 29.3 Å². The second-order valence-corrected chi connectivity index (χ2v) is 6.60. The number of ether oxygens (including phenoxy) is 1. The Bertz CT molecular complexity index is 622. The van der Waals surface area contributed by atoms with E-state index < -0.39 is 0 Å². The molecule has 1 aromatic carbocycles. The van der Waals surface area contributed by atoms with Gasteiger partial charge in [0.25, 0.3) is 0 Å². The summed E-state index contributed by atoms with van der Waals surface area (Å²) in [6.45, 7) is 7.28. The summed E-state index contributed by atoms with van der Waals surface area (Å²) < 4.78 is 5.39. The number of guanidine groups is 1. The van der Waals surface area contributed by atoms with Gasteiger partial charge < -0.3 is 20.7 Å². The SMILES string of the molecule is CCNC(=NCc1ccc(C)c(OC)c1)N1CCCC(CC(N)=O)C1.I. The number of aryl methyl sites for hydroxylation is 1. The predicted molar refractivity (Wildman–Crippen MR) is 116 cm³/mol. The summed E-state index contributed by atoms with van der Waals surface area (Å²) in [5, 5.41) is 3.36. The highest BCUT2D eigenvalue weighted by Crippen LogP contribution is 2.21. The monoisotopic (exact) mass is 474 g/mol. The number of methoxy groups -OCH3 is 1. The Balaban J connectivity index is 0.00000338. The Hall–Kier alpha value is -1.51. The number of nitrogens with two attached hydrogens (primary N) is 1. The molecular formula is C19H31IN4O2. The van der Waals surface area contributed by atoms with Crippen molar-refractivity contribution >= 4 is 35.8 Å². The van der Waals surface area contributed by atoms with Crippen LogP contribution in [0, 0.1) is 12.8 Å². The number of carbonyl (C=O) groups is 1. The largest absolute Gasteiger partial charge is 0.496 e. The summed E-state index contributed by atoms with van der Waals surface area (Å²) in [5.74, 6) is 1.88. The molecule has 2 rings (SSSR count). The van der Waals surface area contributed by atoms with Crippen LogP contribution in [0.5, 0.6) is 5.75 Å². The number of nitrogens with zero attached hydrogens (tertiary/aromatic N) is 2. The van der Waals surface area contributed by atoms with E-state index in [0.29, 0.717) is 18.9 Å². The molecule has 146 valence electrons. The minimum absolute atomic E-state index is 0. The van der Waals surface area contributed by atoms with Crippen LogP contribution in [0.2, 0.25) is 0 Å². The number of likely N-dealkylation sites (tertiary alicyclic amines) is 1. The fourth-order valence-corrected chi connectivity index (χ4v) is 3.26. The van der Waals surface area contributed by atoms with Gasteiger partial charge in [0.15, 0.2) is 5.96 Å². The number of hydrogen-bond donors (Lipinski definition) is 2. The van der Waals surface area contributed by atoms with Crippen LogP contribution in [0.4, 0.5) is 0 Å². The molecule has 6 nitrogen and oxygen atoms in total.